The largest absolute Gasteiger partial charge is 0.423 e. The number of esters is 1. The number of ether oxygens (including phenoxy) is 1. The van der Waals surface area contributed by atoms with Gasteiger partial charge in [0, 0.05) is 21.4 Å². The van der Waals surface area contributed by atoms with Gasteiger partial charge < -0.3 is 10.1 Å². The second-order valence-corrected chi connectivity index (χ2v) is 7.65. The summed E-state index contributed by atoms with van der Waals surface area (Å²) in [5.74, 6) is -1.08. The van der Waals surface area contributed by atoms with Crippen molar-refractivity contribution in [1.82, 2.24) is 0 Å². The van der Waals surface area contributed by atoms with Gasteiger partial charge in [-0.05, 0) is 70.6 Å². The number of nitrogens with one attached hydrogen (secondary N) is 1. The van der Waals surface area contributed by atoms with E-state index in [2.05, 4.69) is 27.9 Å². The van der Waals surface area contributed by atoms with Gasteiger partial charge in [0.05, 0.1) is 10.5 Å². The first-order valence-electron chi connectivity index (χ1n) is 9.11. The summed E-state index contributed by atoms with van der Waals surface area (Å²) in [5.41, 5.74) is 0.862. The summed E-state index contributed by atoms with van der Waals surface area (Å²) in [7, 11) is 0. The van der Waals surface area contributed by atoms with Gasteiger partial charge in [0.25, 0.3) is 11.6 Å². The molecule has 0 heterocycles. The van der Waals surface area contributed by atoms with Crippen LogP contribution in [-0.4, -0.2) is 16.8 Å². The molecule has 0 fully saturated rings. The number of amides is 1. The van der Waals surface area contributed by atoms with Gasteiger partial charge in [0.15, 0.2) is 0 Å². The average molecular weight is 539 g/mol. The smallest absolute Gasteiger partial charge is 0.343 e. The fraction of sp³-hybridized carbons (Fsp3) is 0. The molecule has 0 aliphatic carbocycles. The summed E-state index contributed by atoms with van der Waals surface area (Å²) in [4.78, 5) is 34.9. The average Bonchev–Trinajstić information content (AvgIpc) is 2.78. The number of carbonyl (C=O) groups excluding carboxylic acids is 2. The number of hydrogen-bond acceptors (Lipinski definition) is 6. The highest BCUT2D eigenvalue weighted by molar-refractivity contribution is 14.1. The fourth-order valence-corrected chi connectivity index (χ4v) is 3.17. The lowest BCUT2D eigenvalue weighted by Gasteiger charge is -2.06. The van der Waals surface area contributed by atoms with E-state index in [1.165, 1.54) is 36.4 Å². The van der Waals surface area contributed by atoms with Gasteiger partial charge in [0.1, 0.15) is 17.4 Å². The van der Waals surface area contributed by atoms with Crippen molar-refractivity contribution in [3.05, 3.63) is 103 Å². The van der Waals surface area contributed by atoms with Crippen LogP contribution in [0, 0.1) is 25.0 Å². The van der Waals surface area contributed by atoms with Gasteiger partial charge in [-0.1, -0.05) is 24.3 Å². The molecular formula is C23H14IN3O5. The minimum atomic E-state index is -0.744. The lowest BCUT2D eigenvalue weighted by Crippen LogP contribution is -2.13. The van der Waals surface area contributed by atoms with Crippen LogP contribution >= 0.6 is 22.6 Å². The van der Waals surface area contributed by atoms with Crippen LogP contribution in [0.1, 0.15) is 15.9 Å². The predicted octanol–water partition coefficient (Wildman–Crippen LogP) is 4.96. The van der Waals surface area contributed by atoms with E-state index in [0.29, 0.717) is 11.3 Å². The Hall–Kier alpha value is -4.04. The van der Waals surface area contributed by atoms with Gasteiger partial charge in [-0.2, -0.15) is 5.26 Å². The molecule has 0 aromatic heterocycles. The zero-order valence-electron chi connectivity index (χ0n) is 16.3. The number of hydrogen-bond donors (Lipinski definition) is 1. The molecule has 1 amide bonds. The number of halogens is 1. The number of anilines is 1. The number of carbonyl (C=O) groups is 2. The van der Waals surface area contributed by atoms with Gasteiger partial charge in [0.2, 0.25) is 0 Å². The van der Waals surface area contributed by atoms with Crippen LogP contribution < -0.4 is 10.1 Å². The molecule has 3 rings (SSSR count). The number of nitrogens with zero attached hydrogens (tertiary/aromatic N) is 2. The summed E-state index contributed by atoms with van der Waals surface area (Å²) in [6.07, 6.45) is 1.41. The monoisotopic (exact) mass is 539 g/mol. The maximum Gasteiger partial charge on any atom is 0.343 e. The van der Waals surface area contributed by atoms with Crippen LogP contribution in [0.4, 0.5) is 11.4 Å². The van der Waals surface area contributed by atoms with E-state index in [4.69, 9.17) is 4.74 Å². The standard InChI is InChI=1S/C23H14IN3O5/c24-18-4-2-5-19(13-18)26-22(28)17(14-25)11-15-7-9-21(10-8-15)32-23(29)16-3-1-6-20(12-16)27(30)31/h1-13H,(H,26,28). The number of nitro benzene ring substituents is 1. The Kier molecular flexibility index (Phi) is 7.30. The zero-order chi connectivity index (χ0) is 23.1. The van der Waals surface area contributed by atoms with Crippen molar-refractivity contribution < 1.29 is 19.2 Å². The Morgan fingerprint density at radius 3 is 2.44 bits per heavy atom. The quantitative estimate of drug-likeness (QED) is 0.0899. The summed E-state index contributed by atoms with van der Waals surface area (Å²) in [5, 5.41) is 22.9. The van der Waals surface area contributed by atoms with Crippen molar-refractivity contribution in [3.63, 3.8) is 0 Å². The summed E-state index contributed by atoms with van der Waals surface area (Å²) < 4.78 is 6.17. The Bertz CT molecular complexity index is 1260. The van der Waals surface area contributed by atoms with Crippen molar-refractivity contribution in [2.75, 3.05) is 5.32 Å². The van der Waals surface area contributed by atoms with Crippen molar-refractivity contribution in [2.24, 2.45) is 0 Å². The minimum Gasteiger partial charge on any atom is -0.423 e. The molecule has 0 saturated heterocycles. The van der Waals surface area contributed by atoms with Crippen molar-refractivity contribution in [3.8, 4) is 11.8 Å². The molecule has 0 bridgehead atoms. The molecule has 0 radical (unpaired) electrons. The van der Waals surface area contributed by atoms with E-state index in [9.17, 15) is 25.0 Å². The molecule has 8 nitrogen and oxygen atoms in total. The third-order valence-electron chi connectivity index (χ3n) is 4.14. The Morgan fingerprint density at radius 2 is 1.78 bits per heavy atom. The van der Waals surface area contributed by atoms with Gasteiger partial charge in [-0.25, -0.2) is 4.79 Å². The van der Waals surface area contributed by atoms with Crippen LogP contribution in [0.15, 0.2) is 78.4 Å². The van der Waals surface area contributed by atoms with Gasteiger partial charge >= 0.3 is 5.97 Å². The van der Waals surface area contributed by atoms with Crippen LogP contribution in [0.25, 0.3) is 6.08 Å². The number of nitro groups is 1. The summed E-state index contributed by atoms with van der Waals surface area (Å²) >= 11 is 2.12. The molecule has 1 N–H and O–H groups in total. The second kappa shape index (κ2) is 10.3. The molecule has 9 heteroatoms. The molecular weight excluding hydrogens is 525 g/mol. The number of rotatable bonds is 6. The molecule has 0 aliphatic heterocycles. The molecule has 0 aliphatic rings. The van der Waals surface area contributed by atoms with Crippen LogP contribution in [0.3, 0.4) is 0 Å². The maximum absolute atomic E-state index is 12.4. The molecule has 3 aromatic rings. The Labute approximate surface area is 196 Å². The van der Waals surface area contributed by atoms with E-state index in [-0.39, 0.29) is 22.6 Å². The van der Waals surface area contributed by atoms with Gasteiger partial charge in [-0.15, -0.1) is 0 Å². The van der Waals surface area contributed by atoms with Gasteiger partial charge in [-0.3, -0.25) is 14.9 Å². The normalized spacial score (nSPS) is 10.7. The number of non-ortho nitro benzene ring substituents is 1. The third kappa shape index (κ3) is 5.99. The molecule has 3 aromatic carbocycles. The first-order valence-corrected chi connectivity index (χ1v) is 10.2. The number of nitriles is 1. The SMILES string of the molecule is N#CC(=Cc1ccc(OC(=O)c2cccc([N+](=O)[O-])c2)cc1)C(=O)Nc1cccc(I)c1. The van der Waals surface area contributed by atoms with Crippen LogP contribution in [0.2, 0.25) is 0 Å². The molecule has 0 saturated carbocycles. The maximum atomic E-state index is 12.4. The fourth-order valence-electron chi connectivity index (χ4n) is 2.62. The minimum absolute atomic E-state index is 0.0437. The van der Waals surface area contributed by atoms with Crippen molar-refractivity contribution in [1.29, 1.82) is 5.26 Å². The molecule has 0 spiro atoms. The molecule has 32 heavy (non-hydrogen) atoms. The molecule has 0 atom stereocenters. The lowest BCUT2D eigenvalue weighted by atomic mass is 10.1. The van der Waals surface area contributed by atoms with Crippen molar-refractivity contribution >= 4 is 51.9 Å². The highest BCUT2D eigenvalue weighted by atomic mass is 127. The van der Waals surface area contributed by atoms with E-state index in [1.54, 1.807) is 30.3 Å². The van der Waals surface area contributed by atoms with E-state index < -0.39 is 16.8 Å². The lowest BCUT2D eigenvalue weighted by molar-refractivity contribution is -0.384. The topological polar surface area (TPSA) is 122 Å². The Balaban J connectivity index is 1.70. The highest BCUT2D eigenvalue weighted by Gasteiger charge is 2.14. The number of benzene rings is 3. The first-order chi connectivity index (χ1) is 15.4. The zero-order valence-corrected chi connectivity index (χ0v) is 18.5. The van der Waals surface area contributed by atoms with E-state index in [1.807, 2.05) is 12.1 Å². The molecule has 0 unspecified atom stereocenters. The van der Waals surface area contributed by atoms with Crippen molar-refractivity contribution in [2.45, 2.75) is 0 Å². The third-order valence-corrected chi connectivity index (χ3v) is 4.81. The Morgan fingerprint density at radius 1 is 1.06 bits per heavy atom. The second-order valence-electron chi connectivity index (χ2n) is 6.40. The summed E-state index contributed by atoms with van der Waals surface area (Å²) in [6, 6.07) is 20.4. The van der Waals surface area contributed by atoms with E-state index >= 15 is 0 Å². The summed E-state index contributed by atoms with van der Waals surface area (Å²) in [6.45, 7) is 0. The predicted molar refractivity (Wildman–Crippen MR) is 126 cm³/mol. The van der Waals surface area contributed by atoms with E-state index in [0.717, 1.165) is 9.64 Å². The molecule has 158 valence electrons. The first kappa shape index (κ1) is 22.6. The van der Waals surface area contributed by atoms with Crippen LogP contribution in [-0.2, 0) is 4.79 Å². The van der Waals surface area contributed by atoms with Crippen LogP contribution in [0.5, 0.6) is 5.75 Å². The highest BCUT2D eigenvalue weighted by Crippen LogP contribution is 2.19.